The summed E-state index contributed by atoms with van der Waals surface area (Å²) >= 11 is 0. The Labute approximate surface area is 98.6 Å². The van der Waals surface area contributed by atoms with Crippen molar-refractivity contribution < 1.29 is 38.7 Å². The number of aromatic nitrogens is 2. The van der Waals surface area contributed by atoms with Crippen molar-refractivity contribution in [1.29, 1.82) is 0 Å². The van der Waals surface area contributed by atoms with E-state index >= 15 is 0 Å². The molecule has 13 heteroatoms. The molecule has 0 aliphatic heterocycles. The summed E-state index contributed by atoms with van der Waals surface area (Å²) in [5, 5.41) is 0.534. The first kappa shape index (κ1) is 14.9. The Hall–Kier alpha value is -1.18. The molecule has 8 nitrogen and oxygen atoms in total. The summed E-state index contributed by atoms with van der Waals surface area (Å²) in [4.78, 5) is 0. The third kappa shape index (κ3) is 2.63. The average molecular weight is 310 g/mol. The molecule has 1 heterocycles. The molecule has 0 amide bonds. The van der Waals surface area contributed by atoms with Gasteiger partial charge in [-0.2, -0.15) is 35.1 Å². The van der Waals surface area contributed by atoms with E-state index in [0.717, 1.165) is 0 Å². The smallest absolute Gasteiger partial charge is 0.281 e. The minimum absolute atomic E-state index is 0.573. The van der Waals surface area contributed by atoms with Gasteiger partial charge < -0.3 is 0 Å². The fraction of sp³-hybridized carbons (Fsp3) is 0.400. The summed E-state index contributed by atoms with van der Waals surface area (Å²) in [5.41, 5.74) is -2.15. The van der Waals surface area contributed by atoms with Crippen molar-refractivity contribution in [3.63, 3.8) is 0 Å². The standard InChI is InChI=1S/C5H5F3N2O6S2/c1-16-18(14,15)4-2(5(6,7)8)3(9-10-4)17(11,12)13/h1H3,(H,9,10)(H,11,12,13). The second-order valence-corrected chi connectivity index (χ2v) is 5.81. The fourth-order valence-electron chi connectivity index (χ4n) is 1.01. The Morgan fingerprint density at radius 2 is 1.78 bits per heavy atom. The van der Waals surface area contributed by atoms with E-state index in [-0.39, 0.29) is 0 Å². The van der Waals surface area contributed by atoms with E-state index in [1.54, 1.807) is 0 Å². The summed E-state index contributed by atoms with van der Waals surface area (Å²) < 4.78 is 93.7. The molecule has 1 rings (SSSR count). The fourth-order valence-corrected chi connectivity index (χ4v) is 2.50. The van der Waals surface area contributed by atoms with Gasteiger partial charge in [0, 0.05) is 0 Å². The lowest BCUT2D eigenvalue weighted by atomic mass is 10.3. The predicted octanol–water partition coefficient (Wildman–Crippen LogP) is 0.0103. The van der Waals surface area contributed by atoms with Crippen LogP contribution in [0, 0.1) is 0 Å². The van der Waals surface area contributed by atoms with Crippen molar-refractivity contribution in [2.24, 2.45) is 0 Å². The number of rotatable bonds is 3. The zero-order chi connectivity index (χ0) is 14.4. The van der Waals surface area contributed by atoms with Gasteiger partial charge in [0.2, 0.25) is 5.03 Å². The van der Waals surface area contributed by atoms with Crippen LogP contribution >= 0.6 is 0 Å². The lowest BCUT2D eigenvalue weighted by Crippen LogP contribution is -2.16. The third-order valence-electron chi connectivity index (χ3n) is 1.70. The van der Waals surface area contributed by atoms with Crippen LogP contribution in [-0.2, 0) is 30.6 Å². The minimum atomic E-state index is -5.38. The molecule has 1 aromatic rings. The van der Waals surface area contributed by atoms with E-state index < -0.39 is 42.0 Å². The van der Waals surface area contributed by atoms with Gasteiger partial charge in [0.05, 0.1) is 7.11 Å². The summed E-state index contributed by atoms with van der Waals surface area (Å²) in [6.07, 6.45) is -5.38. The first-order valence-electron chi connectivity index (χ1n) is 3.85. The maximum Gasteiger partial charge on any atom is 0.422 e. The minimum Gasteiger partial charge on any atom is -0.281 e. The van der Waals surface area contributed by atoms with E-state index in [1.165, 1.54) is 5.10 Å². The highest BCUT2D eigenvalue weighted by Crippen LogP contribution is 2.37. The number of nitrogens with zero attached hydrogens (tertiary/aromatic N) is 1. The third-order valence-corrected chi connectivity index (χ3v) is 3.72. The maximum absolute atomic E-state index is 12.6. The summed E-state index contributed by atoms with van der Waals surface area (Å²) in [6, 6.07) is 0. The number of hydrogen-bond acceptors (Lipinski definition) is 6. The van der Waals surface area contributed by atoms with Crippen LogP contribution in [0.4, 0.5) is 13.2 Å². The van der Waals surface area contributed by atoms with Gasteiger partial charge in [-0.05, 0) is 0 Å². The molecule has 0 radical (unpaired) electrons. The van der Waals surface area contributed by atoms with E-state index in [4.69, 9.17) is 4.55 Å². The van der Waals surface area contributed by atoms with Crippen molar-refractivity contribution >= 4 is 20.2 Å². The molecule has 0 aliphatic rings. The van der Waals surface area contributed by atoms with Crippen LogP contribution in [0.1, 0.15) is 5.56 Å². The van der Waals surface area contributed by atoms with Gasteiger partial charge in [-0.15, -0.1) is 0 Å². The van der Waals surface area contributed by atoms with E-state index in [9.17, 15) is 30.0 Å². The second kappa shape index (κ2) is 4.18. The lowest BCUT2D eigenvalue weighted by molar-refractivity contribution is -0.142. The normalized spacial score (nSPS) is 13.8. The Bertz CT molecular complexity index is 658. The number of H-pyrrole nitrogens is 1. The molecular formula is C5H5F3N2O6S2. The number of hydrogen-bond donors (Lipinski definition) is 2. The average Bonchev–Trinajstić information content (AvgIpc) is 2.60. The summed E-state index contributed by atoms with van der Waals surface area (Å²) in [6.45, 7) is 0. The van der Waals surface area contributed by atoms with Crippen LogP contribution in [0.5, 0.6) is 0 Å². The first-order valence-corrected chi connectivity index (χ1v) is 6.69. The zero-order valence-electron chi connectivity index (χ0n) is 8.39. The molecule has 0 atom stereocenters. The summed E-state index contributed by atoms with van der Waals surface area (Å²) in [5.74, 6) is 0. The van der Waals surface area contributed by atoms with Crippen molar-refractivity contribution in [2.45, 2.75) is 16.2 Å². The highest BCUT2D eigenvalue weighted by molar-refractivity contribution is 7.87. The van der Waals surface area contributed by atoms with Crippen LogP contribution in [0.15, 0.2) is 10.1 Å². The van der Waals surface area contributed by atoms with Gasteiger partial charge >= 0.3 is 26.4 Å². The Balaban J connectivity index is 3.76. The van der Waals surface area contributed by atoms with Crippen molar-refractivity contribution in [1.82, 2.24) is 10.2 Å². The molecule has 0 saturated carbocycles. The lowest BCUT2D eigenvalue weighted by Gasteiger charge is -2.07. The van der Waals surface area contributed by atoms with Crippen molar-refractivity contribution in [2.75, 3.05) is 7.11 Å². The number of alkyl halides is 3. The molecule has 0 aromatic carbocycles. The molecule has 1 aromatic heterocycles. The molecule has 2 N–H and O–H groups in total. The van der Waals surface area contributed by atoms with Gasteiger partial charge in [0.25, 0.3) is 0 Å². The number of aromatic amines is 1. The largest absolute Gasteiger partial charge is 0.422 e. The molecule has 104 valence electrons. The number of halogens is 3. The molecule has 0 fully saturated rings. The highest BCUT2D eigenvalue weighted by atomic mass is 32.2. The quantitative estimate of drug-likeness (QED) is 0.594. The van der Waals surface area contributed by atoms with E-state index in [2.05, 4.69) is 9.28 Å². The van der Waals surface area contributed by atoms with Crippen molar-refractivity contribution in [3.8, 4) is 0 Å². The molecule has 0 saturated heterocycles. The number of nitrogens with one attached hydrogen (secondary N) is 1. The highest BCUT2D eigenvalue weighted by Gasteiger charge is 2.46. The predicted molar refractivity (Wildman–Crippen MR) is 47.6 cm³/mol. The maximum atomic E-state index is 12.6. The first-order chi connectivity index (χ1) is 7.91. The van der Waals surface area contributed by atoms with E-state index in [1.807, 2.05) is 0 Å². The zero-order valence-corrected chi connectivity index (χ0v) is 10.0. The van der Waals surface area contributed by atoms with Crippen LogP contribution in [0.25, 0.3) is 0 Å². The molecule has 0 unspecified atom stereocenters. The summed E-state index contributed by atoms with van der Waals surface area (Å²) in [7, 11) is -9.64. The molecule has 18 heavy (non-hydrogen) atoms. The van der Waals surface area contributed by atoms with E-state index in [0.29, 0.717) is 7.11 Å². The Morgan fingerprint density at radius 1 is 1.28 bits per heavy atom. The Kier molecular flexibility index (Phi) is 3.46. The van der Waals surface area contributed by atoms with Crippen LogP contribution < -0.4 is 0 Å². The van der Waals surface area contributed by atoms with Gasteiger partial charge in [0.15, 0.2) is 5.03 Å². The molecule has 0 aliphatic carbocycles. The Morgan fingerprint density at radius 3 is 2.11 bits per heavy atom. The monoisotopic (exact) mass is 310 g/mol. The van der Waals surface area contributed by atoms with Gasteiger partial charge in [0.1, 0.15) is 5.56 Å². The topological polar surface area (TPSA) is 126 Å². The van der Waals surface area contributed by atoms with Crippen LogP contribution in [0.2, 0.25) is 0 Å². The molecule has 0 bridgehead atoms. The van der Waals surface area contributed by atoms with Gasteiger partial charge in [-0.1, -0.05) is 0 Å². The second-order valence-electron chi connectivity index (χ2n) is 2.83. The van der Waals surface area contributed by atoms with Gasteiger partial charge in [-0.25, -0.2) is 0 Å². The molecule has 0 spiro atoms. The molecular weight excluding hydrogens is 305 g/mol. The van der Waals surface area contributed by atoms with Gasteiger partial charge in [-0.3, -0.25) is 13.8 Å². The van der Waals surface area contributed by atoms with Crippen LogP contribution in [0.3, 0.4) is 0 Å². The van der Waals surface area contributed by atoms with Crippen LogP contribution in [-0.4, -0.2) is 38.7 Å². The van der Waals surface area contributed by atoms with Crippen molar-refractivity contribution in [3.05, 3.63) is 5.56 Å². The SMILES string of the molecule is COS(=O)(=O)c1[nH]nc(S(=O)(=O)O)c1C(F)(F)F.